The minimum Gasteiger partial charge on any atom is -0.0654 e. The van der Waals surface area contributed by atoms with Gasteiger partial charge in [0.2, 0.25) is 0 Å². The summed E-state index contributed by atoms with van der Waals surface area (Å²) in [4.78, 5) is 0. The molecule has 0 bridgehead atoms. The third-order valence-electron chi connectivity index (χ3n) is 9.89. The molecule has 0 rings (SSSR count). The van der Waals surface area contributed by atoms with Gasteiger partial charge in [0.15, 0.2) is 0 Å². The number of unbranched alkanes of at least 4 members (excludes halogenated alkanes) is 22. The van der Waals surface area contributed by atoms with Gasteiger partial charge >= 0.3 is 0 Å². The Hall–Kier alpha value is 0. The van der Waals surface area contributed by atoms with Crippen LogP contribution in [0.15, 0.2) is 0 Å². The first-order chi connectivity index (χ1) is 19.6. The van der Waals surface area contributed by atoms with Crippen LogP contribution in [0.3, 0.4) is 0 Å². The van der Waals surface area contributed by atoms with Gasteiger partial charge in [0.25, 0.3) is 0 Å². The Morgan fingerprint density at radius 2 is 0.400 bits per heavy atom. The average molecular weight is 563 g/mol. The molecule has 0 amide bonds. The number of rotatable bonds is 34. The van der Waals surface area contributed by atoms with E-state index in [1.165, 1.54) is 205 Å². The Labute approximate surface area is 257 Å². The predicted molar refractivity (Wildman–Crippen MR) is 187 cm³/mol. The molecule has 0 aromatic carbocycles. The van der Waals surface area contributed by atoms with Crippen molar-refractivity contribution in [2.24, 2.45) is 17.8 Å². The molecule has 0 heterocycles. The lowest BCUT2D eigenvalue weighted by Crippen LogP contribution is -1.97. The van der Waals surface area contributed by atoms with E-state index in [1.807, 2.05) is 0 Å². The molecule has 3 unspecified atom stereocenters. The standard InChI is InChI=1S/C40H82/c1-6-8-10-11-12-13-14-15-16-17-18-19-20-21-23-27-34-39(4)36-30-26-31-37-40(5)35-29-25-22-24-28-33-38(3)32-9-7-2/h38-40H,6-37H2,1-5H3. The highest BCUT2D eigenvalue weighted by Gasteiger charge is 2.05. The second-order valence-electron chi connectivity index (χ2n) is 14.5. The fraction of sp³-hybridized carbons (Fsp3) is 1.00. The Morgan fingerprint density at radius 1 is 0.225 bits per heavy atom. The van der Waals surface area contributed by atoms with Crippen LogP contribution in [-0.4, -0.2) is 0 Å². The lowest BCUT2D eigenvalue weighted by Gasteiger charge is -2.13. The summed E-state index contributed by atoms with van der Waals surface area (Å²) in [5.74, 6) is 2.87. The maximum absolute atomic E-state index is 2.51. The molecule has 0 nitrogen and oxygen atoms in total. The molecule has 242 valence electrons. The smallest absolute Gasteiger partial charge is 0.0443 e. The molecule has 0 saturated carbocycles. The van der Waals surface area contributed by atoms with Crippen molar-refractivity contribution < 1.29 is 0 Å². The normalized spacial score (nSPS) is 14.0. The molecule has 0 aromatic rings. The van der Waals surface area contributed by atoms with E-state index in [-0.39, 0.29) is 0 Å². The van der Waals surface area contributed by atoms with E-state index in [2.05, 4.69) is 34.6 Å². The predicted octanol–water partition coefficient (Wildman–Crippen LogP) is 15.4. The summed E-state index contributed by atoms with van der Waals surface area (Å²) >= 11 is 0. The van der Waals surface area contributed by atoms with Crippen LogP contribution in [0.2, 0.25) is 0 Å². The lowest BCUT2D eigenvalue weighted by molar-refractivity contribution is 0.404. The first-order valence-electron chi connectivity index (χ1n) is 19.6. The summed E-state index contributed by atoms with van der Waals surface area (Å²) in [6.07, 6.45) is 47.0. The van der Waals surface area contributed by atoms with Crippen molar-refractivity contribution >= 4 is 0 Å². The second kappa shape index (κ2) is 33.5. The lowest BCUT2D eigenvalue weighted by atomic mass is 9.93. The highest BCUT2D eigenvalue weighted by atomic mass is 14.1. The van der Waals surface area contributed by atoms with Crippen LogP contribution in [0.25, 0.3) is 0 Å². The van der Waals surface area contributed by atoms with Gasteiger partial charge in [-0.1, -0.05) is 240 Å². The Kier molecular flexibility index (Phi) is 33.5. The topological polar surface area (TPSA) is 0 Å². The summed E-state index contributed by atoms with van der Waals surface area (Å²) in [6.45, 7) is 12.1. The van der Waals surface area contributed by atoms with Crippen molar-refractivity contribution in [3.63, 3.8) is 0 Å². The largest absolute Gasteiger partial charge is 0.0654 e. The molecule has 0 aliphatic carbocycles. The van der Waals surface area contributed by atoms with Gasteiger partial charge < -0.3 is 0 Å². The zero-order valence-electron chi connectivity index (χ0n) is 29.4. The Morgan fingerprint density at radius 3 is 0.650 bits per heavy atom. The van der Waals surface area contributed by atoms with Gasteiger partial charge in [-0.2, -0.15) is 0 Å². The summed E-state index contributed by atoms with van der Waals surface area (Å²) in [6, 6.07) is 0. The van der Waals surface area contributed by atoms with E-state index in [0.29, 0.717) is 0 Å². The van der Waals surface area contributed by atoms with Gasteiger partial charge in [-0.15, -0.1) is 0 Å². The SMILES string of the molecule is CCCCCCCCCCCCCCCCCCC(C)CCCCCC(C)CCCCCCCC(C)CCCC. The maximum Gasteiger partial charge on any atom is -0.0443 e. The highest BCUT2D eigenvalue weighted by Crippen LogP contribution is 2.22. The van der Waals surface area contributed by atoms with Crippen molar-refractivity contribution in [2.45, 2.75) is 240 Å². The fourth-order valence-corrected chi connectivity index (χ4v) is 6.70. The molecule has 0 radical (unpaired) electrons. The molecule has 0 heteroatoms. The highest BCUT2D eigenvalue weighted by molar-refractivity contribution is 4.59. The second-order valence-corrected chi connectivity index (χ2v) is 14.5. The van der Waals surface area contributed by atoms with Gasteiger partial charge in [0.1, 0.15) is 0 Å². The molecule has 0 spiro atoms. The summed E-state index contributed by atoms with van der Waals surface area (Å²) in [7, 11) is 0. The zero-order chi connectivity index (χ0) is 29.4. The summed E-state index contributed by atoms with van der Waals surface area (Å²) < 4.78 is 0. The van der Waals surface area contributed by atoms with Gasteiger partial charge in [0, 0.05) is 0 Å². The van der Waals surface area contributed by atoms with Crippen LogP contribution in [0.5, 0.6) is 0 Å². The quantitative estimate of drug-likeness (QED) is 0.0684. The zero-order valence-corrected chi connectivity index (χ0v) is 29.4. The van der Waals surface area contributed by atoms with Crippen molar-refractivity contribution in [2.75, 3.05) is 0 Å². The molecule has 0 saturated heterocycles. The number of hydrogen-bond donors (Lipinski definition) is 0. The summed E-state index contributed by atoms with van der Waals surface area (Å²) in [5.41, 5.74) is 0. The van der Waals surface area contributed by atoms with E-state index in [0.717, 1.165) is 17.8 Å². The van der Waals surface area contributed by atoms with Crippen LogP contribution in [0.1, 0.15) is 240 Å². The maximum atomic E-state index is 2.51. The van der Waals surface area contributed by atoms with Gasteiger partial charge in [-0.05, 0) is 17.8 Å². The van der Waals surface area contributed by atoms with E-state index in [1.54, 1.807) is 0 Å². The molecule has 0 N–H and O–H groups in total. The molecule has 3 atom stereocenters. The summed E-state index contributed by atoms with van der Waals surface area (Å²) in [5, 5.41) is 0. The molecule has 0 aromatic heterocycles. The first-order valence-corrected chi connectivity index (χ1v) is 19.6. The van der Waals surface area contributed by atoms with Crippen molar-refractivity contribution in [1.29, 1.82) is 0 Å². The molecule has 0 fully saturated rings. The van der Waals surface area contributed by atoms with E-state index in [9.17, 15) is 0 Å². The Balaban J connectivity index is 3.28. The van der Waals surface area contributed by atoms with Gasteiger partial charge in [-0.25, -0.2) is 0 Å². The first kappa shape index (κ1) is 40.0. The van der Waals surface area contributed by atoms with E-state index < -0.39 is 0 Å². The minimum atomic E-state index is 0.955. The average Bonchev–Trinajstić information content (AvgIpc) is 2.95. The van der Waals surface area contributed by atoms with Gasteiger partial charge in [0.05, 0.1) is 0 Å². The Bertz CT molecular complexity index is 439. The monoisotopic (exact) mass is 563 g/mol. The van der Waals surface area contributed by atoms with Crippen LogP contribution in [-0.2, 0) is 0 Å². The van der Waals surface area contributed by atoms with Crippen LogP contribution in [0, 0.1) is 17.8 Å². The van der Waals surface area contributed by atoms with E-state index in [4.69, 9.17) is 0 Å². The fourth-order valence-electron chi connectivity index (χ4n) is 6.70. The minimum absolute atomic E-state index is 0.955. The number of hydrogen-bond acceptors (Lipinski definition) is 0. The van der Waals surface area contributed by atoms with Crippen molar-refractivity contribution in [1.82, 2.24) is 0 Å². The molecule has 40 heavy (non-hydrogen) atoms. The van der Waals surface area contributed by atoms with Crippen LogP contribution >= 0.6 is 0 Å². The molecular weight excluding hydrogens is 480 g/mol. The third kappa shape index (κ3) is 32.5. The van der Waals surface area contributed by atoms with Crippen molar-refractivity contribution in [3.8, 4) is 0 Å². The third-order valence-corrected chi connectivity index (χ3v) is 9.89. The van der Waals surface area contributed by atoms with Gasteiger partial charge in [-0.3, -0.25) is 0 Å². The van der Waals surface area contributed by atoms with Crippen LogP contribution < -0.4 is 0 Å². The van der Waals surface area contributed by atoms with E-state index >= 15 is 0 Å². The molecular formula is C40H82. The van der Waals surface area contributed by atoms with Crippen LogP contribution in [0.4, 0.5) is 0 Å². The molecule has 0 aliphatic heterocycles. The molecule has 0 aliphatic rings. The van der Waals surface area contributed by atoms with Crippen molar-refractivity contribution in [3.05, 3.63) is 0 Å².